The van der Waals surface area contributed by atoms with Gasteiger partial charge < -0.3 is 19.9 Å². The van der Waals surface area contributed by atoms with E-state index in [2.05, 4.69) is 5.32 Å². The van der Waals surface area contributed by atoms with Crippen molar-refractivity contribution in [2.24, 2.45) is 0 Å². The molecule has 1 aromatic carbocycles. The minimum atomic E-state index is -1.10. The maximum Gasteiger partial charge on any atom is 0.407 e. The second-order valence-corrected chi connectivity index (χ2v) is 4.28. The number of alkyl carbamates (subject to hydrolysis) is 1. The van der Waals surface area contributed by atoms with Gasteiger partial charge in [-0.25, -0.2) is 4.79 Å². The smallest absolute Gasteiger partial charge is 0.407 e. The number of carbonyl (C=O) groups excluding carboxylic acids is 2. The number of Topliss-reactive ketones (excluding diaryl/α,β-unsaturated/α-hetero) is 1. The summed E-state index contributed by atoms with van der Waals surface area (Å²) in [7, 11) is 0. The van der Waals surface area contributed by atoms with Crippen molar-refractivity contribution in [3.63, 3.8) is 0 Å². The Kier molecular flexibility index (Phi) is 4.13. The molecule has 19 heavy (non-hydrogen) atoms. The third-order valence-corrected chi connectivity index (χ3v) is 2.86. The number of epoxide rings is 1. The summed E-state index contributed by atoms with van der Waals surface area (Å²) in [5.41, 5.74) is -0.242. The average molecular weight is 265 g/mol. The molecule has 1 aliphatic heterocycles. The number of hydrogen-bond donors (Lipinski definition) is 2. The Hall–Kier alpha value is -1.92. The Balaban J connectivity index is 1.69. The van der Waals surface area contributed by atoms with Crippen LogP contribution in [0.3, 0.4) is 0 Å². The fourth-order valence-corrected chi connectivity index (χ4v) is 1.52. The van der Waals surface area contributed by atoms with Gasteiger partial charge in [0.2, 0.25) is 0 Å². The monoisotopic (exact) mass is 265 g/mol. The Morgan fingerprint density at radius 2 is 2.05 bits per heavy atom. The lowest BCUT2D eigenvalue weighted by atomic mass is 10.1. The predicted octanol–water partition coefficient (Wildman–Crippen LogP) is 0.243. The first kappa shape index (κ1) is 13.5. The number of hydrogen-bond acceptors (Lipinski definition) is 5. The highest BCUT2D eigenvalue weighted by Crippen LogP contribution is 2.26. The molecule has 0 aromatic heterocycles. The topological polar surface area (TPSA) is 88.2 Å². The molecule has 0 bridgehead atoms. The number of ketones is 1. The number of ether oxygens (including phenoxy) is 2. The molecular weight excluding hydrogens is 250 g/mol. The maximum absolute atomic E-state index is 11.6. The fraction of sp³-hybridized carbons (Fsp3) is 0.385. The van der Waals surface area contributed by atoms with Crippen molar-refractivity contribution in [1.29, 1.82) is 0 Å². The number of aliphatic hydroxyl groups is 1. The van der Waals surface area contributed by atoms with Crippen molar-refractivity contribution in [3.8, 4) is 0 Å². The molecular formula is C13H15NO5. The zero-order valence-corrected chi connectivity index (χ0v) is 10.3. The van der Waals surface area contributed by atoms with Gasteiger partial charge in [0, 0.05) is 0 Å². The van der Waals surface area contributed by atoms with Crippen LogP contribution in [0.5, 0.6) is 0 Å². The molecule has 0 unspecified atom stereocenters. The maximum atomic E-state index is 11.6. The molecule has 1 fully saturated rings. The minimum absolute atomic E-state index is 0.141. The molecule has 102 valence electrons. The van der Waals surface area contributed by atoms with Crippen molar-refractivity contribution < 1.29 is 24.2 Å². The molecule has 6 heteroatoms. The average Bonchev–Trinajstić information content (AvgIpc) is 3.25. The lowest BCUT2D eigenvalue weighted by Crippen LogP contribution is -2.39. The SMILES string of the molecule is O=C(NCC(=O)[C@@]1(CO)CO1)OCc1ccccc1. The van der Waals surface area contributed by atoms with Crippen LogP contribution < -0.4 is 5.32 Å². The van der Waals surface area contributed by atoms with E-state index in [0.717, 1.165) is 5.56 Å². The summed E-state index contributed by atoms with van der Waals surface area (Å²) >= 11 is 0. The third kappa shape index (κ3) is 3.52. The van der Waals surface area contributed by atoms with E-state index >= 15 is 0 Å². The molecule has 0 saturated carbocycles. The standard InChI is InChI=1S/C13H15NO5/c15-8-13(9-19-13)11(16)6-14-12(17)18-7-10-4-2-1-3-5-10/h1-5,15H,6-9H2,(H,14,17)/t13-/m1/s1. The van der Waals surface area contributed by atoms with Gasteiger partial charge in [-0.3, -0.25) is 4.79 Å². The van der Waals surface area contributed by atoms with E-state index in [0.29, 0.717) is 0 Å². The fourth-order valence-electron chi connectivity index (χ4n) is 1.52. The van der Waals surface area contributed by atoms with Crippen LogP contribution in [0.25, 0.3) is 0 Å². The highest BCUT2D eigenvalue weighted by atomic mass is 16.6. The quantitative estimate of drug-likeness (QED) is 0.719. The van der Waals surface area contributed by atoms with Gasteiger partial charge >= 0.3 is 6.09 Å². The molecule has 2 rings (SSSR count). The molecule has 2 N–H and O–H groups in total. The second-order valence-electron chi connectivity index (χ2n) is 4.28. The van der Waals surface area contributed by atoms with E-state index in [1.165, 1.54) is 0 Å². The Morgan fingerprint density at radius 1 is 1.37 bits per heavy atom. The molecule has 0 aliphatic carbocycles. The van der Waals surface area contributed by atoms with Gasteiger partial charge in [0.15, 0.2) is 11.4 Å². The normalized spacial score (nSPS) is 20.7. The van der Waals surface area contributed by atoms with E-state index < -0.39 is 11.7 Å². The van der Waals surface area contributed by atoms with Crippen molar-refractivity contribution in [1.82, 2.24) is 5.32 Å². The first-order valence-corrected chi connectivity index (χ1v) is 5.89. The van der Waals surface area contributed by atoms with Crippen molar-refractivity contribution in [3.05, 3.63) is 35.9 Å². The number of carbonyl (C=O) groups is 2. The molecule has 1 atom stereocenters. The summed E-state index contributed by atoms with van der Waals surface area (Å²) < 4.78 is 9.82. The first-order valence-electron chi connectivity index (χ1n) is 5.89. The molecule has 0 spiro atoms. The van der Waals surface area contributed by atoms with Crippen molar-refractivity contribution in [2.45, 2.75) is 12.2 Å². The van der Waals surface area contributed by atoms with Crippen molar-refractivity contribution >= 4 is 11.9 Å². The zero-order chi connectivity index (χ0) is 13.7. The van der Waals surface area contributed by atoms with E-state index in [-0.39, 0.29) is 32.1 Å². The van der Waals surface area contributed by atoms with Crippen molar-refractivity contribution in [2.75, 3.05) is 19.8 Å². The zero-order valence-electron chi connectivity index (χ0n) is 10.3. The van der Waals surface area contributed by atoms with Gasteiger partial charge in [0.05, 0.1) is 19.8 Å². The molecule has 0 radical (unpaired) electrons. The summed E-state index contributed by atoms with van der Waals surface area (Å²) in [4.78, 5) is 22.9. The largest absolute Gasteiger partial charge is 0.445 e. The van der Waals surface area contributed by atoms with E-state index in [4.69, 9.17) is 14.6 Å². The molecule has 6 nitrogen and oxygen atoms in total. The van der Waals surface area contributed by atoms with Gasteiger partial charge in [-0.05, 0) is 5.56 Å². The second kappa shape index (κ2) is 5.81. The molecule has 1 saturated heterocycles. The number of amides is 1. The molecule has 1 heterocycles. The Labute approximate surface area is 110 Å². The van der Waals surface area contributed by atoms with Gasteiger partial charge in [0.1, 0.15) is 6.61 Å². The van der Waals surface area contributed by atoms with Crippen LogP contribution in [0, 0.1) is 0 Å². The third-order valence-electron chi connectivity index (χ3n) is 2.86. The number of benzene rings is 1. The van der Waals surface area contributed by atoms with E-state index in [1.807, 2.05) is 30.3 Å². The van der Waals surface area contributed by atoms with Gasteiger partial charge in [0.25, 0.3) is 0 Å². The highest BCUT2D eigenvalue weighted by molar-refractivity contribution is 5.93. The predicted molar refractivity (Wildman–Crippen MR) is 65.4 cm³/mol. The Morgan fingerprint density at radius 3 is 2.63 bits per heavy atom. The van der Waals surface area contributed by atoms with E-state index in [9.17, 15) is 9.59 Å². The van der Waals surface area contributed by atoms with Gasteiger partial charge in [-0.1, -0.05) is 30.3 Å². The van der Waals surface area contributed by atoms with Crippen LogP contribution in [0.4, 0.5) is 4.79 Å². The highest BCUT2D eigenvalue weighted by Gasteiger charge is 2.51. The van der Waals surface area contributed by atoms with Gasteiger partial charge in [-0.2, -0.15) is 0 Å². The Bertz CT molecular complexity index is 455. The van der Waals surface area contributed by atoms with E-state index in [1.54, 1.807) is 0 Å². The summed E-state index contributed by atoms with van der Waals surface area (Å²) in [5, 5.41) is 11.3. The first-order chi connectivity index (χ1) is 9.16. The summed E-state index contributed by atoms with van der Waals surface area (Å²) in [6.45, 7) is -0.244. The number of rotatable bonds is 6. The van der Waals surface area contributed by atoms with Crippen LogP contribution in [0.15, 0.2) is 30.3 Å². The van der Waals surface area contributed by atoms with Crippen LogP contribution in [0.1, 0.15) is 5.56 Å². The number of aliphatic hydroxyl groups excluding tert-OH is 1. The summed E-state index contributed by atoms with van der Waals surface area (Å²) in [5.74, 6) is -0.355. The number of nitrogens with one attached hydrogen (secondary N) is 1. The van der Waals surface area contributed by atoms with Crippen LogP contribution in [0.2, 0.25) is 0 Å². The lowest BCUT2D eigenvalue weighted by molar-refractivity contribution is -0.124. The van der Waals surface area contributed by atoms with Gasteiger partial charge in [-0.15, -0.1) is 0 Å². The van der Waals surface area contributed by atoms with Crippen LogP contribution in [-0.4, -0.2) is 42.3 Å². The molecule has 1 amide bonds. The minimum Gasteiger partial charge on any atom is -0.445 e. The summed E-state index contributed by atoms with van der Waals surface area (Å²) in [6.07, 6.45) is -0.675. The summed E-state index contributed by atoms with van der Waals surface area (Å²) in [6, 6.07) is 9.21. The molecule has 1 aliphatic rings. The molecule has 1 aromatic rings. The van der Waals surface area contributed by atoms with Crippen LogP contribution >= 0.6 is 0 Å². The lowest BCUT2D eigenvalue weighted by Gasteiger charge is -2.09. The van der Waals surface area contributed by atoms with Crippen LogP contribution in [-0.2, 0) is 20.9 Å².